The minimum atomic E-state index is -2.88. The maximum Gasteiger partial charge on any atom is 0.387 e. The first-order valence-electron chi connectivity index (χ1n) is 7.52. The average molecular weight is 378 g/mol. The molecule has 0 unspecified atom stereocenters. The smallest absolute Gasteiger partial charge is 0.387 e. The van der Waals surface area contributed by atoms with Gasteiger partial charge in [0.05, 0.1) is 5.69 Å². The maximum atomic E-state index is 13.2. The summed E-state index contributed by atoms with van der Waals surface area (Å²) in [7, 11) is 0. The number of anilines is 1. The Labute approximate surface area is 151 Å². The van der Waals surface area contributed by atoms with Crippen LogP contribution in [0.3, 0.4) is 0 Å². The number of carbonyl (C=O) groups is 1. The van der Waals surface area contributed by atoms with Gasteiger partial charge in [-0.3, -0.25) is 10.1 Å². The van der Waals surface area contributed by atoms with E-state index in [0.29, 0.717) is 16.4 Å². The molecule has 0 atom stereocenters. The van der Waals surface area contributed by atoms with Crippen LogP contribution in [0.15, 0.2) is 48.5 Å². The van der Waals surface area contributed by atoms with Crippen LogP contribution in [0.2, 0.25) is 0 Å². The van der Waals surface area contributed by atoms with Gasteiger partial charge >= 0.3 is 6.61 Å². The highest BCUT2D eigenvalue weighted by Crippen LogP contribution is 2.31. The number of rotatable bonds is 5. The minimum Gasteiger partial charge on any atom is -0.435 e. The number of alkyl halides is 2. The molecule has 0 fully saturated rings. The van der Waals surface area contributed by atoms with Crippen LogP contribution in [0.4, 0.5) is 18.3 Å². The lowest BCUT2D eigenvalue weighted by Gasteiger charge is -2.05. The lowest BCUT2D eigenvalue weighted by atomic mass is 10.1. The molecule has 0 aliphatic rings. The van der Waals surface area contributed by atoms with Gasteiger partial charge < -0.3 is 4.74 Å². The van der Waals surface area contributed by atoms with E-state index in [-0.39, 0.29) is 11.3 Å². The van der Waals surface area contributed by atoms with Crippen LogP contribution in [0.1, 0.15) is 15.2 Å². The van der Waals surface area contributed by atoms with Crippen molar-refractivity contribution in [2.75, 3.05) is 5.32 Å². The molecule has 3 aromatic rings. The Bertz CT molecular complexity index is 926. The zero-order chi connectivity index (χ0) is 18.7. The number of amides is 1. The monoisotopic (exact) mass is 378 g/mol. The number of benzene rings is 2. The Balaban J connectivity index is 1.77. The molecule has 1 heterocycles. The minimum absolute atomic E-state index is 0.0521. The van der Waals surface area contributed by atoms with E-state index in [1.165, 1.54) is 41.7 Å². The fourth-order valence-electron chi connectivity index (χ4n) is 2.31. The number of nitrogens with one attached hydrogen (secondary N) is 1. The lowest BCUT2D eigenvalue weighted by molar-refractivity contribution is -0.0498. The van der Waals surface area contributed by atoms with Crippen molar-refractivity contribution in [1.29, 1.82) is 0 Å². The Morgan fingerprint density at radius 1 is 1.19 bits per heavy atom. The molecule has 0 aliphatic heterocycles. The zero-order valence-electron chi connectivity index (χ0n) is 13.5. The molecule has 1 N–H and O–H groups in total. The molecule has 1 aromatic heterocycles. The standard InChI is InChI=1S/C18H13F3N2O2S/c1-10-15(11-5-7-14(8-6-11)25-17(20)21)22-18(26-10)23-16(24)12-3-2-4-13(19)9-12/h2-9,17H,1H3,(H,22,23,24). The molecule has 0 spiro atoms. The SMILES string of the molecule is Cc1sc(NC(=O)c2cccc(F)c2)nc1-c1ccc(OC(F)F)cc1. The second kappa shape index (κ2) is 7.57. The number of carbonyl (C=O) groups excluding carboxylic acids is 1. The number of aryl methyl sites for hydroxylation is 1. The van der Waals surface area contributed by atoms with E-state index in [1.54, 1.807) is 12.1 Å². The predicted octanol–water partition coefficient (Wildman–Crippen LogP) is 5.11. The largest absolute Gasteiger partial charge is 0.435 e. The van der Waals surface area contributed by atoms with Gasteiger partial charge in [0.25, 0.3) is 5.91 Å². The molecule has 134 valence electrons. The summed E-state index contributed by atoms with van der Waals surface area (Å²) >= 11 is 1.26. The van der Waals surface area contributed by atoms with Gasteiger partial charge in [-0.25, -0.2) is 9.37 Å². The first kappa shape index (κ1) is 17.9. The number of aromatic nitrogens is 1. The summed E-state index contributed by atoms with van der Waals surface area (Å²) in [4.78, 5) is 17.4. The number of hydrogen-bond acceptors (Lipinski definition) is 4. The van der Waals surface area contributed by atoms with E-state index in [1.807, 2.05) is 6.92 Å². The van der Waals surface area contributed by atoms with Gasteiger partial charge in [-0.2, -0.15) is 8.78 Å². The van der Waals surface area contributed by atoms with E-state index in [9.17, 15) is 18.0 Å². The molecular weight excluding hydrogens is 365 g/mol. The lowest BCUT2D eigenvalue weighted by Crippen LogP contribution is -2.11. The van der Waals surface area contributed by atoms with Crippen LogP contribution in [0.5, 0.6) is 5.75 Å². The van der Waals surface area contributed by atoms with Crippen molar-refractivity contribution in [3.8, 4) is 17.0 Å². The van der Waals surface area contributed by atoms with Gasteiger partial charge in [-0.1, -0.05) is 6.07 Å². The number of hydrogen-bond donors (Lipinski definition) is 1. The maximum absolute atomic E-state index is 13.2. The van der Waals surface area contributed by atoms with Crippen molar-refractivity contribution < 1.29 is 22.7 Å². The summed E-state index contributed by atoms with van der Waals surface area (Å²) < 4.78 is 41.9. The van der Waals surface area contributed by atoms with Crippen LogP contribution in [-0.4, -0.2) is 17.5 Å². The molecule has 0 saturated heterocycles. The second-order valence-corrected chi connectivity index (χ2v) is 6.49. The van der Waals surface area contributed by atoms with Crippen LogP contribution >= 0.6 is 11.3 Å². The van der Waals surface area contributed by atoms with Crippen molar-refractivity contribution in [3.05, 3.63) is 64.8 Å². The summed E-state index contributed by atoms with van der Waals surface area (Å²) in [6, 6.07) is 11.4. The van der Waals surface area contributed by atoms with E-state index in [2.05, 4.69) is 15.0 Å². The van der Waals surface area contributed by atoms with Gasteiger partial charge in [0, 0.05) is 16.0 Å². The fraction of sp³-hybridized carbons (Fsp3) is 0.111. The zero-order valence-corrected chi connectivity index (χ0v) is 14.3. The van der Waals surface area contributed by atoms with Gasteiger partial charge in [-0.05, 0) is 49.4 Å². The van der Waals surface area contributed by atoms with Crippen molar-refractivity contribution >= 4 is 22.4 Å². The second-order valence-electron chi connectivity index (χ2n) is 5.29. The number of ether oxygens (including phenoxy) is 1. The number of thiazole rings is 1. The molecule has 4 nitrogen and oxygen atoms in total. The highest BCUT2D eigenvalue weighted by molar-refractivity contribution is 7.16. The third-order valence-corrected chi connectivity index (χ3v) is 4.34. The van der Waals surface area contributed by atoms with Crippen molar-refractivity contribution in [2.24, 2.45) is 0 Å². The van der Waals surface area contributed by atoms with Gasteiger partial charge in [0.1, 0.15) is 11.6 Å². The third-order valence-electron chi connectivity index (χ3n) is 3.46. The van der Waals surface area contributed by atoms with Crippen LogP contribution in [0, 0.1) is 12.7 Å². The van der Waals surface area contributed by atoms with Crippen molar-refractivity contribution in [3.63, 3.8) is 0 Å². The summed E-state index contributed by atoms with van der Waals surface area (Å²) in [6.45, 7) is -1.06. The molecular formula is C18H13F3N2O2S. The van der Waals surface area contributed by atoms with Crippen LogP contribution in [-0.2, 0) is 0 Å². The van der Waals surface area contributed by atoms with E-state index in [4.69, 9.17) is 0 Å². The van der Waals surface area contributed by atoms with Gasteiger partial charge in [0.2, 0.25) is 0 Å². The summed E-state index contributed by atoms with van der Waals surface area (Å²) in [5, 5.41) is 2.99. The Hall–Kier alpha value is -2.87. The molecule has 0 aliphatic carbocycles. The molecule has 1 amide bonds. The molecule has 0 saturated carbocycles. The normalized spacial score (nSPS) is 10.8. The van der Waals surface area contributed by atoms with Gasteiger partial charge in [0.15, 0.2) is 5.13 Å². The molecule has 26 heavy (non-hydrogen) atoms. The third kappa shape index (κ3) is 4.20. The highest BCUT2D eigenvalue weighted by atomic mass is 32.1. The first-order valence-corrected chi connectivity index (χ1v) is 8.33. The number of nitrogens with zero attached hydrogens (tertiary/aromatic N) is 1. The summed E-state index contributed by atoms with van der Waals surface area (Å²) in [5.74, 6) is -0.915. The van der Waals surface area contributed by atoms with Crippen molar-refractivity contribution in [1.82, 2.24) is 4.98 Å². The topological polar surface area (TPSA) is 51.2 Å². The Kier molecular flexibility index (Phi) is 5.22. The molecule has 0 bridgehead atoms. The molecule has 2 aromatic carbocycles. The summed E-state index contributed by atoms with van der Waals surface area (Å²) in [5.41, 5.74) is 1.51. The van der Waals surface area contributed by atoms with E-state index >= 15 is 0 Å². The van der Waals surface area contributed by atoms with E-state index < -0.39 is 18.3 Å². The Morgan fingerprint density at radius 2 is 1.92 bits per heavy atom. The molecule has 0 radical (unpaired) electrons. The quantitative estimate of drug-likeness (QED) is 0.671. The summed E-state index contributed by atoms with van der Waals surface area (Å²) in [6.07, 6.45) is 0. The van der Waals surface area contributed by atoms with Crippen LogP contribution in [0.25, 0.3) is 11.3 Å². The molecule has 8 heteroatoms. The highest BCUT2D eigenvalue weighted by Gasteiger charge is 2.14. The van der Waals surface area contributed by atoms with Crippen LogP contribution < -0.4 is 10.1 Å². The van der Waals surface area contributed by atoms with Gasteiger partial charge in [-0.15, -0.1) is 11.3 Å². The Morgan fingerprint density at radius 3 is 2.58 bits per heavy atom. The number of halogens is 3. The van der Waals surface area contributed by atoms with Crippen molar-refractivity contribution in [2.45, 2.75) is 13.5 Å². The predicted molar refractivity (Wildman–Crippen MR) is 93.3 cm³/mol. The fourth-order valence-corrected chi connectivity index (χ4v) is 3.14. The average Bonchev–Trinajstić information content (AvgIpc) is 2.95. The van der Waals surface area contributed by atoms with E-state index in [0.717, 1.165) is 10.9 Å². The first-order chi connectivity index (χ1) is 12.4. The molecule has 3 rings (SSSR count).